The highest BCUT2D eigenvalue weighted by molar-refractivity contribution is 5.99. The standard InChI is InChI=1S/C24H30O7/c1-27-16-7-8-17(18(13-16)14-6-9-20(28-2)19(25)10-14)23(26)15-11-21(29-3)24(31-5)22(12-15)30-4/h6,9-12,16-18,25H,7-8,13H2,1-5H3. The first-order chi connectivity index (χ1) is 15.0. The maximum atomic E-state index is 13.6. The second kappa shape index (κ2) is 9.92. The molecule has 7 heteroatoms. The topological polar surface area (TPSA) is 83.5 Å². The van der Waals surface area contributed by atoms with E-state index < -0.39 is 0 Å². The number of carbonyl (C=O) groups is 1. The normalized spacial score (nSPS) is 20.7. The van der Waals surface area contributed by atoms with Crippen molar-refractivity contribution in [1.29, 1.82) is 0 Å². The SMILES string of the molecule is COc1ccc(C2CC(OC)CCC2C(=O)c2cc(OC)c(OC)c(OC)c2)cc1O. The van der Waals surface area contributed by atoms with Crippen molar-refractivity contribution in [1.82, 2.24) is 0 Å². The van der Waals surface area contributed by atoms with E-state index in [-0.39, 0.29) is 29.5 Å². The first-order valence-corrected chi connectivity index (χ1v) is 10.2. The fourth-order valence-corrected chi connectivity index (χ4v) is 4.40. The summed E-state index contributed by atoms with van der Waals surface area (Å²) in [4.78, 5) is 13.6. The van der Waals surface area contributed by atoms with Gasteiger partial charge >= 0.3 is 0 Å². The summed E-state index contributed by atoms with van der Waals surface area (Å²) < 4.78 is 27.0. The Labute approximate surface area is 182 Å². The molecule has 0 bridgehead atoms. The van der Waals surface area contributed by atoms with E-state index in [0.29, 0.717) is 41.4 Å². The third kappa shape index (κ3) is 4.56. The second-order valence-corrected chi connectivity index (χ2v) is 7.59. The van der Waals surface area contributed by atoms with Gasteiger partial charge in [-0.1, -0.05) is 6.07 Å². The molecule has 1 saturated carbocycles. The number of aromatic hydroxyl groups is 1. The van der Waals surface area contributed by atoms with Gasteiger partial charge < -0.3 is 28.8 Å². The fourth-order valence-electron chi connectivity index (χ4n) is 4.40. The van der Waals surface area contributed by atoms with Crippen molar-refractivity contribution in [3.8, 4) is 28.7 Å². The van der Waals surface area contributed by atoms with Crippen LogP contribution in [0.3, 0.4) is 0 Å². The fraction of sp³-hybridized carbons (Fsp3) is 0.458. The molecule has 31 heavy (non-hydrogen) atoms. The van der Waals surface area contributed by atoms with Gasteiger partial charge in [-0.2, -0.15) is 0 Å². The van der Waals surface area contributed by atoms with Crippen molar-refractivity contribution in [3.05, 3.63) is 41.5 Å². The van der Waals surface area contributed by atoms with Crippen LogP contribution in [0.5, 0.6) is 28.7 Å². The van der Waals surface area contributed by atoms with E-state index in [1.54, 1.807) is 31.4 Å². The number of phenols is 1. The largest absolute Gasteiger partial charge is 0.504 e. The van der Waals surface area contributed by atoms with E-state index in [1.165, 1.54) is 28.4 Å². The molecule has 168 valence electrons. The van der Waals surface area contributed by atoms with Gasteiger partial charge in [0.1, 0.15) is 0 Å². The maximum absolute atomic E-state index is 13.6. The van der Waals surface area contributed by atoms with Crippen LogP contribution in [0, 0.1) is 5.92 Å². The number of hydrogen-bond acceptors (Lipinski definition) is 7. The number of Topliss-reactive ketones (excluding diaryl/α,β-unsaturated/α-hetero) is 1. The van der Waals surface area contributed by atoms with Crippen molar-refractivity contribution >= 4 is 5.78 Å². The molecule has 2 aromatic carbocycles. The first kappa shape index (κ1) is 22.7. The Morgan fingerprint density at radius 1 is 0.871 bits per heavy atom. The summed E-state index contributed by atoms with van der Waals surface area (Å²) in [6.07, 6.45) is 2.20. The first-order valence-electron chi connectivity index (χ1n) is 10.2. The molecular weight excluding hydrogens is 400 g/mol. The zero-order valence-electron chi connectivity index (χ0n) is 18.6. The van der Waals surface area contributed by atoms with Gasteiger partial charge in [-0.25, -0.2) is 0 Å². The molecule has 1 aliphatic carbocycles. The van der Waals surface area contributed by atoms with Crippen LogP contribution in [-0.4, -0.2) is 52.5 Å². The lowest BCUT2D eigenvalue weighted by Gasteiger charge is -2.35. The summed E-state index contributed by atoms with van der Waals surface area (Å²) >= 11 is 0. The molecular formula is C24H30O7. The van der Waals surface area contributed by atoms with Crippen LogP contribution in [-0.2, 0) is 4.74 Å². The van der Waals surface area contributed by atoms with Gasteiger partial charge in [0.25, 0.3) is 0 Å². The minimum Gasteiger partial charge on any atom is -0.504 e. The monoisotopic (exact) mass is 430 g/mol. The van der Waals surface area contributed by atoms with Gasteiger partial charge in [-0.3, -0.25) is 4.79 Å². The number of ketones is 1. The number of methoxy groups -OCH3 is 5. The van der Waals surface area contributed by atoms with E-state index in [9.17, 15) is 9.90 Å². The number of carbonyl (C=O) groups excluding carboxylic acids is 1. The number of benzene rings is 2. The van der Waals surface area contributed by atoms with Crippen LogP contribution < -0.4 is 18.9 Å². The Morgan fingerprint density at radius 3 is 2.03 bits per heavy atom. The molecule has 0 aromatic heterocycles. The molecule has 1 fully saturated rings. The Kier molecular flexibility index (Phi) is 7.28. The van der Waals surface area contributed by atoms with Crippen LogP contribution in [0.2, 0.25) is 0 Å². The third-order valence-electron chi connectivity index (χ3n) is 6.05. The summed E-state index contributed by atoms with van der Waals surface area (Å²) in [5.41, 5.74) is 1.38. The molecule has 1 N–H and O–H groups in total. The lowest BCUT2D eigenvalue weighted by Crippen LogP contribution is -2.32. The van der Waals surface area contributed by atoms with E-state index in [1.807, 2.05) is 6.07 Å². The summed E-state index contributed by atoms with van der Waals surface area (Å²) in [6.45, 7) is 0. The second-order valence-electron chi connectivity index (χ2n) is 7.59. The average Bonchev–Trinajstić information content (AvgIpc) is 2.81. The molecule has 0 amide bonds. The van der Waals surface area contributed by atoms with Gasteiger partial charge in [-0.05, 0) is 55.0 Å². The third-order valence-corrected chi connectivity index (χ3v) is 6.05. The molecule has 3 atom stereocenters. The number of ether oxygens (including phenoxy) is 5. The smallest absolute Gasteiger partial charge is 0.203 e. The summed E-state index contributed by atoms with van der Waals surface area (Å²) in [7, 11) is 7.78. The highest BCUT2D eigenvalue weighted by Gasteiger charge is 2.37. The van der Waals surface area contributed by atoms with Crippen molar-refractivity contribution in [2.24, 2.45) is 5.92 Å². The van der Waals surface area contributed by atoms with Crippen LogP contribution in [0.4, 0.5) is 0 Å². The molecule has 2 aromatic rings. The lowest BCUT2D eigenvalue weighted by atomic mass is 9.71. The van der Waals surface area contributed by atoms with Crippen LogP contribution >= 0.6 is 0 Å². The highest BCUT2D eigenvalue weighted by atomic mass is 16.5. The maximum Gasteiger partial charge on any atom is 0.203 e. The summed E-state index contributed by atoms with van der Waals surface area (Å²) in [5, 5.41) is 10.3. The Balaban J connectivity index is 2.00. The molecule has 0 saturated heterocycles. The zero-order valence-corrected chi connectivity index (χ0v) is 18.6. The van der Waals surface area contributed by atoms with Crippen LogP contribution in [0.25, 0.3) is 0 Å². The molecule has 3 unspecified atom stereocenters. The van der Waals surface area contributed by atoms with Crippen LogP contribution in [0.1, 0.15) is 41.1 Å². The Hall–Kier alpha value is -2.93. The minimum absolute atomic E-state index is 0.00545. The van der Waals surface area contributed by atoms with Crippen molar-refractivity contribution in [3.63, 3.8) is 0 Å². The highest BCUT2D eigenvalue weighted by Crippen LogP contribution is 2.44. The van der Waals surface area contributed by atoms with Gasteiger partial charge in [0.05, 0.1) is 34.5 Å². The molecule has 7 nitrogen and oxygen atoms in total. The van der Waals surface area contributed by atoms with E-state index >= 15 is 0 Å². The number of phenolic OH excluding ortho intramolecular Hbond substituents is 1. The number of hydrogen-bond donors (Lipinski definition) is 1. The molecule has 0 heterocycles. The Morgan fingerprint density at radius 2 is 1.52 bits per heavy atom. The van der Waals surface area contributed by atoms with Gasteiger partial charge in [-0.15, -0.1) is 0 Å². The minimum atomic E-state index is -0.276. The van der Waals surface area contributed by atoms with Gasteiger partial charge in [0.2, 0.25) is 5.75 Å². The van der Waals surface area contributed by atoms with Gasteiger partial charge in [0, 0.05) is 18.6 Å². The molecule has 3 rings (SSSR count). The van der Waals surface area contributed by atoms with Crippen molar-refractivity contribution < 1.29 is 33.6 Å². The molecule has 1 aliphatic rings. The predicted molar refractivity (Wildman–Crippen MR) is 116 cm³/mol. The molecule has 0 spiro atoms. The average molecular weight is 430 g/mol. The van der Waals surface area contributed by atoms with E-state index in [0.717, 1.165) is 12.0 Å². The lowest BCUT2D eigenvalue weighted by molar-refractivity contribution is 0.0430. The predicted octanol–water partition coefficient (Wildman–Crippen LogP) is 4.21. The van der Waals surface area contributed by atoms with Crippen molar-refractivity contribution in [2.75, 3.05) is 35.5 Å². The van der Waals surface area contributed by atoms with Crippen molar-refractivity contribution in [2.45, 2.75) is 31.3 Å². The Bertz CT molecular complexity index is 899. The van der Waals surface area contributed by atoms with Gasteiger partial charge in [0.15, 0.2) is 28.8 Å². The zero-order chi connectivity index (χ0) is 22.5. The molecule has 0 radical (unpaired) electrons. The van der Waals surface area contributed by atoms with E-state index in [4.69, 9.17) is 23.7 Å². The number of rotatable bonds is 8. The summed E-state index contributed by atoms with van der Waals surface area (Å²) in [5.74, 6) is 1.39. The van der Waals surface area contributed by atoms with Crippen LogP contribution in [0.15, 0.2) is 30.3 Å². The van der Waals surface area contributed by atoms with E-state index in [2.05, 4.69) is 0 Å². The quantitative estimate of drug-likeness (QED) is 0.628. The molecule has 0 aliphatic heterocycles. The summed E-state index contributed by atoms with van der Waals surface area (Å²) in [6, 6.07) is 8.68.